The Morgan fingerprint density at radius 2 is 2.00 bits per heavy atom. The van der Waals surface area contributed by atoms with Crippen molar-refractivity contribution in [2.75, 3.05) is 32.1 Å². The van der Waals surface area contributed by atoms with Gasteiger partial charge in [-0.2, -0.15) is 4.98 Å². The number of rotatable bonds is 6. The van der Waals surface area contributed by atoms with Gasteiger partial charge in [-0.15, -0.1) is 5.10 Å². The molecule has 2 atom stereocenters. The molecule has 5 rings (SSSR count). The molecule has 2 aliphatic carbocycles. The fourth-order valence-electron chi connectivity index (χ4n) is 4.90. The normalized spacial score (nSPS) is 22.4. The summed E-state index contributed by atoms with van der Waals surface area (Å²) in [5.74, 6) is 0.953. The van der Waals surface area contributed by atoms with Crippen molar-refractivity contribution in [3.63, 3.8) is 0 Å². The van der Waals surface area contributed by atoms with Gasteiger partial charge in [-0.05, 0) is 73.1 Å². The summed E-state index contributed by atoms with van der Waals surface area (Å²) in [5.41, 5.74) is 7.01. The van der Waals surface area contributed by atoms with E-state index in [-0.39, 0.29) is 0 Å². The molecule has 3 aliphatic rings. The highest BCUT2D eigenvalue weighted by Crippen LogP contribution is 2.39. The van der Waals surface area contributed by atoms with E-state index in [1.807, 2.05) is 4.31 Å². The smallest absolute Gasteiger partial charge is 0.247 e. The molecule has 0 amide bonds. The van der Waals surface area contributed by atoms with Crippen LogP contribution in [0.3, 0.4) is 0 Å². The van der Waals surface area contributed by atoms with Crippen molar-refractivity contribution in [1.29, 1.82) is 0 Å². The first kappa shape index (κ1) is 18.3. The molecule has 2 N–H and O–H groups in total. The summed E-state index contributed by atoms with van der Waals surface area (Å²) in [7, 11) is 0.403. The predicted molar refractivity (Wildman–Crippen MR) is 108 cm³/mol. The first-order chi connectivity index (χ1) is 13.7. The minimum atomic E-state index is -1.31. The van der Waals surface area contributed by atoms with Gasteiger partial charge in [0.15, 0.2) is 11.0 Å². The number of fused-ring (bicyclic) bond motifs is 2. The molecule has 1 saturated heterocycles. The van der Waals surface area contributed by atoms with Gasteiger partial charge in [-0.25, -0.2) is 13.6 Å². The fraction of sp³-hybridized carbons (Fsp3) is 0.600. The maximum absolute atomic E-state index is 12.9. The summed E-state index contributed by atoms with van der Waals surface area (Å²) in [4.78, 5) is 4.52. The molecule has 1 fully saturated rings. The zero-order chi connectivity index (χ0) is 19.1. The van der Waals surface area contributed by atoms with Crippen molar-refractivity contribution < 1.29 is 8.95 Å². The lowest BCUT2D eigenvalue weighted by atomic mass is 9.99. The highest BCUT2D eigenvalue weighted by Gasteiger charge is 2.29. The highest BCUT2D eigenvalue weighted by molar-refractivity contribution is 7.82. The zero-order valence-corrected chi connectivity index (χ0v) is 17.1. The fourth-order valence-corrected chi connectivity index (χ4v) is 6.05. The third-order valence-corrected chi connectivity index (χ3v) is 7.54. The number of ether oxygens (including phenoxy) is 1. The van der Waals surface area contributed by atoms with Gasteiger partial charge >= 0.3 is 0 Å². The molecule has 2 aromatic rings. The zero-order valence-electron chi connectivity index (χ0n) is 16.3. The summed E-state index contributed by atoms with van der Waals surface area (Å²) >= 11 is 0. The molecule has 7 nitrogen and oxygen atoms in total. The average Bonchev–Trinajstić information content (AvgIpc) is 3.47. The van der Waals surface area contributed by atoms with E-state index in [2.05, 4.69) is 26.6 Å². The molecule has 1 aromatic carbocycles. The molecule has 2 unspecified atom stereocenters. The Hall–Kier alpha value is -1.77. The Kier molecular flexibility index (Phi) is 4.94. The molecule has 2 heterocycles. The number of methoxy groups -OCH3 is 1. The monoisotopic (exact) mass is 401 g/mol. The molecular formula is C20H27N5O2S. The lowest BCUT2D eigenvalue weighted by Crippen LogP contribution is -2.25. The number of aryl methyl sites for hydroxylation is 2. The van der Waals surface area contributed by atoms with Crippen molar-refractivity contribution in [2.24, 2.45) is 5.92 Å². The summed E-state index contributed by atoms with van der Waals surface area (Å²) in [6, 6.07) is 2.41. The van der Waals surface area contributed by atoms with Gasteiger partial charge in [0, 0.05) is 25.9 Å². The molecule has 1 aliphatic heterocycles. The van der Waals surface area contributed by atoms with Gasteiger partial charge in [-0.1, -0.05) is 6.07 Å². The Balaban J connectivity index is 1.35. The van der Waals surface area contributed by atoms with E-state index in [0.29, 0.717) is 23.6 Å². The van der Waals surface area contributed by atoms with Gasteiger partial charge in [-0.3, -0.25) is 0 Å². The molecule has 1 aromatic heterocycles. The van der Waals surface area contributed by atoms with Crippen LogP contribution in [0.4, 0.5) is 11.6 Å². The van der Waals surface area contributed by atoms with Crippen LogP contribution in [0.5, 0.6) is 0 Å². The quantitative estimate of drug-likeness (QED) is 0.777. The van der Waals surface area contributed by atoms with Gasteiger partial charge < -0.3 is 10.1 Å². The number of H-pyrrole nitrogens is 1. The first-order valence-corrected chi connectivity index (χ1v) is 11.4. The third kappa shape index (κ3) is 3.27. The van der Waals surface area contributed by atoms with Crippen LogP contribution in [0.1, 0.15) is 41.5 Å². The highest BCUT2D eigenvalue weighted by atomic mass is 32.2. The van der Waals surface area contributed by atoms with E-state index in [9.17, 15) is 4.21 Å². The summed E-state index contributed by atoms with van der Waals surface area (Å²) in [6.07, 6.45) is 7.99. The maximum Gasteiger partial charge on any atom is 0.247 e. The van der Waals surface area contributed by atoms with E-state index in [0.717, 1.165) is 45.2 Å². The Morgan fingerprint density at radius 1 is 1.25 bits per heavy atom. The maximum atomic E-state index is 12.9. The molecular weight excluding hydrogens is 374 g/mol. The Morgan fingerprint density at radius 3 is 2.71 bits per heavy atom. The Bertz CT molecular complexity index is 880. The summed E-state index contributed by atoms with van der Waals surface area (Å²) < 4.78 is 20.1. The van der Waals surface area contributed by atoms with Crippen molar-refractivity contribution in [2.45, 2.75) is 50.1 Å². The van der Waals surface area contributed by atoms with Crippen LogP contribution in [0.15, 0.2) is 11.2 Å². The van der Waals surface area contributed by atoms with E-state index >= 15 is 0 Å². The SMILES string of the molecule is COCC1CCN(S(=O)c2nc(Nc3c4c(cc5c3CCC5)CCC4)n[nH]2)C1. The molecule has 8 heteroatoms. The molecule has 150 valence electrons. The van der Waals surface area contributed by atoms with Gasteiger partial charge in [0.05, 0.1) is 6.61 Å². The van der Waals surface area contributed by atoms with Gasteiger partial charge in [0.2, 0.25) is 11.1 Å². The van der Waals surface area contributed by atoms with E-state index in [1.165, 1.54) is 40.8 Å². The van der Waals surface area contributed by atoms with Crippen molar-refractivity contribution in [3.8, 4) is 0 Å². The second kappa shape index (κ2) is 7.57. The van der Waals surface area contributed by atoms with Crippen LogP contribution < -0.4 is 5.32 Å². The van der Waals surface area contributed by atoms with Gasteiger partial charge in [0.1, 0.15) is 0 Å². The van der Waals surface area contributed by atoms with E-state index in [1.54, 1.807) is 7.11 Å². The lowest BCUT2D eigenvalue weighted by Gasteiger charge is -2.15. The molecule has 0 radical (unpaired) electrons. The minimum Gasteiger partial charge on any atom is -0.384 e. The Labute approximate surface area is 167 Å². The van der Waals surface area contributed by atoms with Gasteiger partial charge in [0.25, 0.3) is 0 Å². The molecule has 0 spiro atoms. The average molecular weight is 402 g/mol. The third-order valence-electron chi connectivity index (χ3n) is 6.23. The van der Waals surface area contributed by atoms with Crippen LogP contribution in [0.2, 0.25) is 0 Å². The number of anilines is 2. The van der Waals surface area contributed by atoms with Crippen LogP contribution in [0.25, 0.3) is 0 Å². The topological polar surface area (TPSA) is 83.1 Å². The molecule has 28 heavy (non-hydrogen) atoms. The first-order valence-electron chi connectivity index (χ1n) is 10.2. The number of hydrogen-bond acceptors (Lipinski definition) is 5. The summed E-state index contributed by atoms with van der Waals surface area (Å²) in [5, 5.41) is 11.1. The van der Waals surface area contributed by atoms with E-state index in [4.69, 9.17) is 4.74 Å². The van der Waals surface area contributed by atoms with Crippen LogP contribution in [-0.2, 0) is 41.4 Å². The van der Waals surface area contributed by atoms with Crippen molar-refractivity contribution in [3.05, 3.63) is 28.3 Å². The standard InChI is InChI=1S/C20H27N5O2S/c1-27-12-13-8-9-25(11-13)28(26)20-22-19(23-24-20)21-18-16-6-2-4-14(16)10-15-5-3-7-17(15)18/h10,13H,2-9,11-12H2,1H3,(H2,21,22,23,24). The number of nitrogens with zero attached hydrogens (tertiary/aromatic N) is 3. The van der Waals surface area contributed by atoms with Crippen LogP contribution in [0, 0.1) is 5.92 Å². The summed E-state index contributed by atoms with van der Waals surface area (Å²) in [6.45, 7) is 2.27. The largest absolute Gasteiger partial charge is 0.384 e. The number of benzene rings is 1. The second-order valence-corrected chi connectivity index (χ2v) is 9.47. The number of nitrogens with one attached hydrogen (secondary N) is 2. The van der Waals surface area contributed by atoms with Crippen LogP contribution in [-0.4, -0.2) is 50.5 Å². The minimum absolute atomic E-state index is 0.421. The number of hydrogen-bond donors (Lipinski definition) is 2. The number of aromatic amines is 1. The molecule has 0 bridgehead atoms. The van der Waals surface area contributed by atoms with Crippen molar-refractivity contribution in [1.82, 2.24) is 19.5 Å². The molecule has 0 saturated carbocycles. The second-order valence-electron chi connectivity index (χ2n) is 8.07. The number of aromatic nitrogens is 3. The predicted octanol–water partition coefficient (Wildman–Crippen LogP) is 2.52. The van der Waals surface area contributed by atoms with Crippen LogP contribution >= 0.6 is 0 Å². The van der Waals surface area contributed by atoms with E-state index < -0.39 is 11.0 Å². The van der Waals surface area contributed by atoms with Crippen molar-refractivity contribution >= 4 is 22.6 Å². The lowest BCUT2D eigenvalue weighted by molar-refractivity contribution is 0.158.